The summed E-state index contributed by atoms with van der Waals surface area (Å²) in [6.45, 7) is 2.08. The van der Waals surface area contributed by atoms with E-state index in [9.17, 15) is 19.5 Å². The Balaban J connectivity index is 2.81. The quantitative estimate of drug-likeness (QED) is 0.628. The molecular formula is C15H19NO6. The van der Waals surface area contributed by atoms with E-state index in [2.05, 4.69) is 5.32 Å². The minimum absolute atomic E-state index is 0.0972. The third-order valence-electron chi connectivity index (χ3n) is 3.13. The first-order valence-electron chi connectivity index (χ1n) is 6.57. The fourth-order valence-electron chi connectivity index (χ4n) is 1.72. The maximum Gasteiger partial charge on any atom is 0.337 e. The Kier molecular flexibility index (Phi) is 5.64. The van der Waals surface area contributed by atoms with Crippen LogP contribution in [0.3, 0.4) is 0 Å². The Hall–Kier alpha value is -2.41. The summed E-state index contributed by atoms with van der Waals surface area (Å²) in [7, 11) is 1.44. The molecule has 1 rings (SSSR count). The lowest BCUT2D eigenvalue weighted by molar-refractivity contribution is -0.156. The lowest BCUT2D eigenvalue weighted by Crippen LogP contribution is -2.46. The van der Waals surface area contributed by atoms with Crippen LogP contribution in [0, 0.1) is 0 Å². The van der Waals surface area contributed by atoms with E-state index in [0.717, 1.165) is 6.92 Å². The molecule has 0 radical (unpaired) electrons. The van der Waals surface area contributed by atoms with Crippen molar-refractivity contribution in [2.45, 2.75) is 25.9 Å². The van der Waals surface area contributed by atoms with Crippen LogP contribution in [0.15, 0.2) is 18.2 Å². The smallest absolute Gasteiger partial charge is 0.337 e. The van der Waals surface area contributed by atoms with Gasteiger partial charge in [0.05, 0.1) is 20.1 Å². The second-order valence-corrected chi connectivity index (χ2v) is 5.12. The summed E-state index contributed by atoms with van der Waals surface area (Å²) in [5, 5.41) is 20.6. The fraction of sp³-hybridized carbons (Fsp3) is 0.400. The number of carbonyl (C=O) groups excluding carboxylic acids is 2. The van der Waals surface area contributed by atoms with Crippen molar-refractivity contribution < 1.29 is 29.3 Å². The molecule has 7 heteroatoms. The lowest BCUT2D eigenvalue weighted by atomic mass is 10.0. The molecule has 0 aliphatic rings. The maximum atomic E-state index is 11.9. The van der Waals surface area contributed by atoms with Gasteiger partial charge >= 0.3 is 5.97 Å². The summed E-state index contributed by atoms with van der Waals surface area (Å²) in [5.74, 6) is -1.60. The second kappa shape index (κ2) is 7.04. The highest BCUT2D eigenvalue weighted by Gasteiger charge is 2.30. The number of carboxylic acids is 1. The number of aliphatic carboxylic acids is 1. The standard InChI is InChI=1S/C15H19NO6/c1-9(17)10-4-5-12(22-3)11(6-10)7-13(18)16-8-15(2,21)14(19)20/h4-6,21H,7-8H2,1-3H3,(H,16,18)(H,19,20). The van der Waals surface area contributed by atoms with Gasteiger partial charge in [-0.25, -0.2) is 4.79 Å². The zero-order valence-corrected chi connectivity index (χ0v) is 12.7. The molecule has 1 amide bonds. The van der Waals surface area contributed by atoms with Gasteiger partial charge in [-0.2, -0.15) is 0 Å². The van der Waals surface area contributed by atoms with Gasteiger partial charge in [0.25, 0.3) is 0 Å². The number of ether oxygens (including phenoxy) is 1. The van der Waals surface area contributed by atoms with Crippen molar-refractivity contribution in [1.82, 2.24) is 5.32 Å². The normalized spacial score (nSPS) is 13.1. The van der Waals surface area contributed by atoms with Gasteiger partial charge in [-0.1, -0.05) is 0 Å². The van der Waals surface area contributed by atoms with Crippen molar-refractivity contribution in [3.05, 3.63) is 29.3 Å². The van der Waals surface area contributed by atoms with Crippen LogP contribution in [0.5, 0.6) is 5.75 Å². The van der Waals surface area contributed by atoms with Crippen molar-refractivity contribution in [2.24, 2.45) is 0 Å². The zero-order valence-electron chi connectivity index (χ0n) is 12.7. The molecule has 1 unspecified atom stereocenters. The molecule has 0 aromatic heterocycles. The number of ketones is 1. The first-order valence-corrected chi connectivity index (χ1v) is 6.57. The van der Waals surface area contributed by atoms with Gasteiger partial charge in [0.1, 0.15) is 5.75 Å². The number of hydrogen-bond acceptors (Lipinski definition) is 5. The summed E-state index contributed by atoms with van der Waals surface area (Å²) < 4.78 is 5.13. The Morgan fingerprint density at radius 2 is 1.95 bits per heavy atom. The van der Waals surface area contributed by atoms with Gasteiger partial charge < -0.3 is 20.3 Å². The van der Waals surface area contributed by atoms with E-state index < -0.39 is 24.0 Å². The number of methoxy groups -OCH3 is 1. The summed E-state index contributed by atoms with van der Waals surface area (Å²) in [6, 6.07) is 4.74. The minimum Gasteiger partial charge on any atom is -0.496 e. The van der Waals surface area contributed by atoms with Gasteiger partial charge in [0.2, 0.25) is 5.91 Å². The van der Waals surface area contributed by atoms with E-state index in [1.807, 2.05) is 0 Å². The van der Waals surface area contributed by atoms with Crippen LogP contribution in [0.1, 0.15) is 29.8 Å². The molecule has 0 saturated carbocycles. The molecular weight excluding hydrogens is 290 g/mol. The number of nitrogens with one attached hydrogen (secondary N) is 1. The Morgan fingerprint density at radius 1 is 1.32 bits per heavy atom. The van der Waals surface area contributed by atoms with E-state index in [-0.39, 0.29) is 12.2 Å². The van der Waals surface area contributed by atoms with Gasteiger partial charge in [-0.3, -0.25) is 9.59 Å². The first-order chi connectivity index (χ1) is 10.2. The molecule has 1 aromatic carbocycles. The van der Waals surface area contributed by atoms with E-state index in [4.69, 9.17) is 9.84 Å². The highest BCUT2D eigenvalue weighted by Crippen LogP contribution is 2.21. The Labute approximate surface area is 127 Å². The molecule has 0 bridgehead atoms. The van der Waals surface area contributed by atoms with Gasteiger partial charge in [-0.05, 0) is 32.0 Å². The number of rotatable bonds is 7. The van der Waals surface area contributed by atoms with E-state index in [0.29, 0.717) is 16.9 Å². The molecule has 0 aliphatic heterocycles. The van der Waals surface area contributed by atoms with Crippen molar-refractivity contribution in [3.8, 4) is 5.75 Å². The molecule has 0 fully saturated rings. The lowest BCUT2D eigenvalue weighted by Gasteiger charge is -2.18. The number of aliphatic hydroxyl groups is 1. The monoisotopic (exact) mass is 309 g/mol. The summed E-state index contributed by atoms with van der Waals surface area (Å²) in [4.78, 5) is 34.0. The average molecular weight is 309 g/mol. The molecule has 1 atom stereocenters. The van der Waals surface area contributed by atoms with Crippen LogP contribution >= 0.6 is 0 Å². The number of carbonyl (C=O) groups is 3. The SMILES string of the molecule is COc1ccc(C(C)=O)cc1CC(=O)NCC(C)(O)C(=O)O. The maximum absolute atomic E-state index is 11.9. The molecule has 0 saturated heterocycles. The summed E-state index contributed by atoms with van der Waals surface area (Å²) >= 11 is 0. The first kappa shape index (κ1) is 17.6. The number of hydrogen-bond donors (Lipinski definition) is 3. The van der Waals surface area contributed by atoms with Crippen molar-refractivity contribution in [3.63, 3.8) is 0 Å². The van der Waals surface area contributed by atoms with Crippen molar-refractivity contribution >= 4 is 17.7 Å². The highest BCUT2D eigenvalue weighted by molar-refractivity contribution is 5.94. The molecule has 22 heavy (non-hydrogen) atoms. The fourth-order valence-corrected chi connectivity index (χ4v) is 1.72. The van der Waals surface area contributed by atoms with E-state index >= 15 is 0 Å². The van der Waals surface area contributed by atoms with Crippen LogP contribution in [0.4, 0.5) is 0 Å². The molecule has 120 valence electrons. The van der Waals surface area contributed by atoms with Gasteiger partial charge in [0.15, 0.2) is 11.4 Å². The van der Waals surface area contributed by atoms with E-state index in [1.165, 1.54) is 14.0 Å². The molecule has 1 aromatic rings. The predicted molar refractivity (Wildman–Crippen MR) is 78.0 cm³/mol. The molecule has 3 N–H and O–H groups in total. The molecule has 0 spiro atoms. The van der Waals surface area contributed by atoms with Crippen LogP contribution in [0.25, 0.3) is 0 Å². The molecule has 0 heterocycles. The van der Waals surface area contributed by atoms with Crippen LogP contribution in [0.2, 0.25) is 0 Å². The number of Topliss-reactive ketones (excluding diaryl/α,β-unsaturated/α-hetero) is 1. The van der Waals surface area contributed by atoms with Crippen molar-refractivity contribution in [2.75, 3.05) is 13.7 Å². The number of amides is 1. The van der Waals surface area contributed by atoms with Crippen molar-refractivity contribution in [1.29, 1.82) is 0 Å². The molecule has 7 nitrogen and oxygen atoms in total. The second-order valence-electron chi connectivity index (χ2n) is 5.12. The predicted octanol–water partition coefficient (Wildman–Crippen LogP) is 0.392. The van der Waals surface area contributed by atoms with Crippen LogP contribution < -0.4 is 10.1 Å². The minimum atomic E-state index is -2.04. The Bertz CT molecular complexity index is 594. The molecule has 0 aliphatic carbocycles. The number of carboxylic acid groups (broad SMARTS) is 1. The topological polar surface area (TPSA) is 113 Å². The summed E-state index contributed by atoms with van der Waals surface area (Å²) in [6.07, 6.45) is -0.0972. The van der Waals surface area contributed by atoms with Gasteiger partial charge in [0, 0.05) is 11.1 Å². The highest BCUT2D eigenvalue weighted by atomic mass is 16.5. The third kappa shape index (κ3) is 4.56. The average Bonchev–Trinajstić information content (AvgIpc) is 2.45. The van der Waals surface area contributed by atoms with Crippen LogP contribution in [-0.2, 0) is 16.0 Å². The zero-order chi connectivity index (χ0) is 16.9. The third-order valence-corrected chi connectivity index (χ3v) is 3.13. The summed E-state index contributed by atoms with van der Waals surface area (Å²) in [5.41, 5.74) is -1.09. The number of benzene rings is 1. The van der Waals surface area contributed by atoms with Gasteiger partial charge in [-0.15, -0.1) is 0 Å². The van der Waals surface area contributed by atoms with E-state index in [1.54, 1.807) is 18.2 Å². The largest absolute Gasteiger partial charge is 0.496 e. The van der Waals surface area contributed by atoms with Crippen LogP contribution in [-0.4, -0.2) is 47.1 Å². The Morgan fingerprint density at radius 3 is 2.45 bits per heavy atom.